The number of aromatic nitrogens is 2. The summed E-state index contributed by atoms with van der Waals surface area (Å²) < 4.78 is 5.51. The van der Waals surface area contributed by atoms with Gasteiger partial charge in [-0.3, -0.25) is 10.1 Å². The third kappa shape index (κ3) is 3.93. The monoisotopic (exact) mass is 277 g/mol. The topological polar surface area (TPSA) is 64.1 Å². The van der Waals surface area contributed by atoms with E-state index in [0.29, 0.717) is 12.4 Å². The first-order chi connectivity index (χ1) is 9.15. The molecule has 0 aliphatic carbocycles. The predicted molar refractivity (Wildman–Crippen MR) is 72.1 cm³/mol. The quantitative estimate of drug-likeness (QED) is 0.873. The Kier molecular flexibility index (Phi) is 4.30. The lowest BCUT2D eigenvalue weighted by molar-refractivity contribution is -0.114. The molecule has 0 spiro atoms. The third-order valence-corrected chi connectivity index (χ3v) is 2.51. The second-order valence-corrected chi connectivity index (χ2v) is 4.16. The summed E-state index contributed by atoms with van der Waals surface area (Å²) in [4.78, 5) is 18.7. The summed E-state index contributed by atoms with van der Waals surface area (Å²) in [7, 11) is 0. The molecule has 6 heteroatoms. The number of benzene rings is 1. The summed E-state index contributed by atoms with van der Waals surface area (Å²) in [5.41, 5.74) is 1.02. The number of carbonyl (C=O) groups excluding carboxylic acids is 1. The van der Waals surface area contributed by atoms with Gasteiger partial charge in [0.25, 0.3) is 0 Å². The number of halogens is 1. The van der Waals surface area contributed by atoms with Gasteiger partial charge < -0.3 is 4.74 Å². The Morgan fingerprint density at radius 2 is 2.11 bits per heavy atom. The van der Waals surface area contributed by atoms with Gasteiger partial charge in [-0.25, -0.2) is 4.98 Å². The highest BCUT2D eigenvalue weighted by Gasteiger charge is 2.07. The van der Waals surface area contributed by atoms with Gasteiger partial charge in [0, 0.05) is 6.92 Å². The maximum absolute atomic E-state index is 10.9. The number of anilines is 1. The number of carbonyl (C=O) groups is 1. The Morgan fingerprint density at radius 3 is 2.74 bits per heavy atom. The molecule has 1 aromatic heterocycles. The number of nitrogens with zero attached hydrogens (tertiary/aromatic N) is 2. The van der Waals surface area contributed by atoms with Crippen molar-refractivity contribution >= 4 is 23.5 Å². The molecule has 0 bridgehead atoms. The van der Waals surface area contributed by atoms with Crippen LogP contribution in [0.3, 0.4) is 0 Å². The highest BCUT2D eigenvalue weighted by Crippen LogP contribution is 2.22. The van der Waals surface area contributed by atoms with Gasteiger partial charge in [0.1, 0.15) is 6.61 Å². The molecular weight excluding hydrogens is 266 g/mol. The predicted octanol–water partition coefficient (Wildman–Crippen LogP) is 2.67. The average Bonchev–Trinajstić information content (AvgIpc) is 2.38. The first kappa shape index (κ1) is 13.3. The lowest BCUT2D eigenvalue weighted by atomic mass is 10.2. The first-order valence-electron chi connectivity index (χ1n) is 5.62. The molecule has 0 atom stereocenters. The number of hydrogen-bond acceptors (Lipinski definition) is 4. The number of hydrogen-bond donors (Lipinski definition) is 1. The molecule has 2 aromatic rings. The highest BCUT2D eigenvalue weighted by molar-refractivity contribution is 6.30. The van der Waals surface area contributed by atoms with E-state index in [2.05, 4.69) is 15.3 Å². The molecular formula is C13H12ClN3O2. The molecule has 1 N–H and O–H groups in total. The van der Waals surface area contributed by atoms with Gasteiger partial charge in [0.15, 0.2) is 10.9 Å². The summed E-state index contributed by atoms with van der Waals surface area (Å²) in [5.74, 6) is 0.276. The van der Waals surface area contributed by atoms with Crippen LogP contribution in [0.2, 0.25) is 5.15 Å². The van der Waals surface area contributed by atoms with Crippen LogP contribution in [0.5, 0.6) is 5.75 Å². The Hall–Kier alpha value is -2.14. The van der Waals surface area contributed by atoms with Crippen molar-refractivity contribution in [2.24, 2.45) is 0 Å². The minimum Gasteiger partial charge on any atom is -0.484 e. The fraction of sp³-hybridized carbons (Fsp3) is 0.154. The summed E-state index contributed by atoms with van der Waals surface area (Å²) >= 11 is 5.95. The van der Waals surface area contributed by atoms with Crippen molar-refractivity contribution in [3.63, 3.8) is 0 Å². The van der Waals surface area contributed by atoms with Crippen molar-refractivity contribution < 1.29 is 9.53 Å². The Balaban J connectivity index is 2.03. The van der Waals surface area contributed by atoms with Crippen LogP contribution in [0.1, 0.15) is 12.5 Å². The van der Waals surface area contributed by atoms with E-state index >= 15 is 0 Å². The Bertz CT molecular complexity index is 575. The van der Waals surface area contributed by atoms with E-state index in [1.807, 2.05) is 30.3 Å². The number of rotatable bonds is 4. The molecule has 2 rings (SSSR count). The van der Waals surface area contributed by atoms with E-state index in [1.165, 1.54) is 13.1 Å². The van der Waals surface area contributed by atoms with E-state index in [1.54, 1.807) is 0 Å². The van der Waals surface area contributed by atoms with Gasteiger partial charge in [-0.05, 0) is 5.56 Å². The van der Waals surface area contributed by atoms with Crippen LogP contribution in [-0.2, 0) is 11.4 Å². The minimum atomic E-state index is -0.256. The van der Waals surface area contributed by atoms with Crippen molar-refractivity contribution in [1.82, 2.24) is 9.97 Å². The second kappa shape index (κ2) is 6.15. The standard InChI is InChI=1S/C13H12ClN3O2/c1-9(18)16-13-15-7-11(12(14)17-13)19-8-10-5-3-2-4-6-10/h2-7H,8H2,1H3,(H,15,16,17,18). The number of ether oxygens (including phenoxy) is 1. The van der Waals surface area contributed by atoms with Gasteiger partial charge in [-0.15, -0.1) is 0 Å². The first-order valence-corrected chi connectivity index (χ1v) is 6.00. The van der Waals surface area contributed by atoms with Crippen LogP contribution in [0.15, 0.2) is 36.5 Å². The molecule has 19 heavy (non-hydrogen) atoms. The molecule has 0 aliphatic rings. The van der Waals surface area contributed by atoms with Crippen LogP contribution >= 0.6 is 11.6 Å². The van der Waals surface area contributed by atoms with Gasteiger partial charge in [0.05, 0.1) is 6.20 Å². The van der Waals surface area contributed by atoms with Crippen LogP contribution in [0.4, 0.5) is 5.95 Å². The molecule has 0 radical (unpaired) electrons. The largest absolute Gasteiger partial charge is 0.484 e. The summed E-state index contributed by atoms with van der Waals surface area (Å²) in [6.45, 7) is 1.75. The summed E-state index contributed by atoms with van der Waals surface area (Å²) in [5, 5.41) is 2.61. The molecule has 1 aromatic carbocycles. The number of amides is 1. The molecule has 1 amide bonds. The molecule has 0 unspecified atom stereocenters. The maximum Gasteiger partial charge on any atom is 0.231 e. The fourth-order valence-electron chi connectivity index (χ4n) is 1.40. The third-order valence-electron chi connectivity index (χ3n) is 2.24. The fourth-order valence-corrected chi connectivity index (χ4v) is 1.58. The van der Waals surface area contributed by atoms with Crippen molar-refractivity contribution in [3.8, 4) is 5.75 Å². The second-order valence-electron chi connectivity index (χ2n) is 3.80. The van der Waals surface area contributed by atoms with Crippen molar-refractivity contribution in [3.05, 3.63) is 47.2 Å². The smallest absolute Gasteiger partial charge is 0.231 e. The Labute approximate surface area is 115 Å². The maximum atomic E-state index is 10.9. The van der Waals surface area contributed by atoms with Gasteiger partial charge in [-0.2, -0.15) is 4.98 Å². The van der Waals surface area contributed by atoms with Crippen LogP contribution in [0.25, 0.3) is 0 Å². The molecule has 1 heterocycles. The van der Waals surface area contributed by atoms with Crippen molar-refractivity contribution in [1.29, 1.82) is 0 Å². The van der Waals surface area contributed by atoms with E-state index in [0.717, 1.165) is 5.56 Å². The van der Waals surface area contributed by atoms with Gasteiger partial charge in [-0.1, -0.05) is 41.9 Å². The molecule has 5 nitrogen and oxygen atoms in total. The zero-order valence-corrected chi connectivity index (χ0v) is 11.0. The minimum absolute atomic E-state index is 0.157. The molecule has 98 valence electrons. The molecule has 0 fully saturated rings. The molecule has 0 aliphatic heterocycles. The van der Waals surface area contributed by atoms with Crippen LogP contribution in [-0.4, -0.2) is 15.9 Å². The van der Waals surface area contributed by atoms with Gasteiger partial charge >= 0.3 is 0 Å². The van der Waals surface area contributed by atoms with Crippen molar-refractivity contribution in [2.75, 3.05) is 5.32 Å². The summed E-state index contributed by atoms with van der Waals surface area (Å²) in [6.07, 6.45) is 1.43. The van der Waals surface area contributed by atoms with E-state index in [4.69, 9.17) is 16.3 Å². The lowest BCUT2D eigenvalue weighted by Gasteiger charge is -2.08. The lowest BCUT2D eigenvalue weighted by Crippen LogP contribution is -2.09. The zero-order chi connectivity index (χ0) is 13.7. The van der Waals surface area contributed by atoms with Crippen LogP contribution in [0, 0.1) is 0 Å². The van der Waals surface area contributed by atoms with Gasteiger partial charge in [0.2, 0.25) is 11.9 Å². The van der Waals surface area contributed by atoms with Crippen LogP contribution < -0.4 is 10.1 Å². The van der Waals surface area contributed by atoms with E-state index in [-0.39, 0.29) is 17.0 Å². The normalized spacial score (nSPS) is 10.0. The zero-order valence-electron chi connectivity index (χ0n) is 10.3. The van der Waals surface area contributed by atoms with E-state index in [9.17, 15) is 4.79 Å². The molecule has 0 saturated carbocycles. The van der Waals surface area contributed by atoms with Crippen molar-refractivity contribution in [2.45, 2.75) is 13.5 Å². The Morgan fingerprint density at radius 1 is 1.37 bits per heavy atom. The van der Waals surface area contributed by atoms with E-state index < -0.39 is 0 Å². The highest BCUT2D eigenvalue weighted by atomic mass is 35.5. The summed E-state index contributed by atoms with van der Waals surface area (Å²) in [6, 6.07) is 9.68. The average molecular weight is 278 g/mol. The number of nitrogens with one attached hydrogen (secondary N) is 1. The molecule has 0 saturated heterocycles. The SMILES string of the molecule is CC(=O)Nc1ncc(OCc2ccccc2)c(Cl)n1.